The third-order valence-electron chi connectivity index (χ3n) is 7.22. The number of likely N-dealkylation sites (tertiary alicyclic amines) is 2. The summed E-state index contributed by atoms with van der Waals surface area (Å²) in [5.74, 6) is 2.73. The molecule has 30 heavy (non-hydrogen) atoms. The van der Waals surface area contributed by atoms with Crippen LogP contribution in [0.3, 0.4) is 0 Å². The Labute approximate surface area is 200 Å². The summed E-state index contributed by atoms with van der Waals surface area (Å²) >= 11 is 0. The molecular weight excluding hydrogens is 485 g/mol. The van der Waals surface area contributed by atoms with Gasteiger partial charge in [0.2, 0.25) is 0 Å². The van der Waals surface area contributed by atoms with Crippen molar-refractivity contribution in [3.8, 4) is 0 Å². The van der Waals surface area contributed by atoms with Gasteiger partial charge in [0.05, 0.1) is 0 Å². The minimum absolute atomic E-state index is 0. The zero-order valence-corrected chi connectivity index (χ0v) is 21.3. The van der Waals surface area contributed by atoms with Crippen LogP contribution in [0.15, 0.2) is 35.3 Å². The fraction of sp³-hybridized carbons (Fsp3) is 0.708. The van der Waals surface area contributed by atoms with Crippen molar-refractivity contribution < 1.29 is 0 Å². The van der Waals surface area contributed by atoms with Gasteiger partial charge in [0.25, 0.3) is 0 Å². The Morgan fingerprint density at radius 1 is 1.13 bits per heavy atom. The second kappa shape index (κ2) is 11.1. The smallest absolute Gasteiger partial charge is 0.193 e. The van der Waals surface area contributed by atoms with E-state index in [0.717, 1.165) is 50.0 Å². The van der Waals surface area contributed by atoms with Gasteiger partial charge in [0, 0.05) is 45.3 Å². The molecule has 0 amide bonds. The van der Waals surface area contributed by atoms with Gasteiger partial charge in [-0.05, 0) is 70.1 Å². The number of rotatable bonds is 6. The number of benzene rings is 1. The van der Waals surface area contributed by atoms with E-state index in [4.69, 9.17) is 0 Å². The van der Waals surface area contributed by atoms with Crippen LogP contribution in [0.1, 0.15) is 37.7 Å². The highest BCUT2D eigenvalue weighted by atomic mass is 127. The van der Waals surface area contributed by atoms with E-state index in [2.05, 4.69) is 69.4 Å². The lowest BCUT2D eigenvalue weighted by molar-refractivity contribution is 0.0371. The van der Waals surface area contributed by atoms with Crippen molar-refractivity contribution in [2.45, 2.75) is 50.7 Å². The van der Waals surface area contributed by atoms with E-state index in [1.165, 1.54) is 44.2 Å². The molecule has 3 unspecified atom stereocenters. The first-order valence-electron chi connectivity index (χ1n) is 11.6. The van der Waals surface area contributed by atoms with E-state index < -0.39 is 0 Å². The second-order valence-corrected chi connectivity index (χ2v) is 9.46. The molecule has 3 fully saturated rings. The predicted molar refractivity (Wildman–Crippen MR) is 137 cm³/mol. The van der Waals surface area contributed by atoms with E-state index in [1.54, 1.807) is 0 Å². The van der Waals surface area contributed by atoms with Gasteiger partial charge >= 0.3 is 0 Å². The van der Waals surface area contributed by atoms with Crippen LogP contribution in [0, 0.1) is 11.8 Å². The second-order valence-electron chi connectivity index (χ2n) is 9.46. The van der Waals surface area contributed by atoms with Gasteiger partial charge in [-0.15, -0.1) is 24.0 Å². The summed E-state index contributed by atoms with van der Waals surface area (Å²) in [7, 11) is 6.36. The van der Waals surface area contributed by atoms with Gasteiger partial charge < -0.3 is 15.1 Å². The molecule has 1 N–H and O–H groups in total. The number of aliphatic imine (C=N–C) groups is 1. The van der Waals surface area contributed by atoms with Gasteiger partial charge in [-0.3, -0.25) is 9.89 Å². The van der Waals surface area contributed by atoms with Crippen molar-refractivity contribution >= 4 is 29.9 Å². The molecule has 6 heteroatoms. The Morgan fingerprint density at radius 3 is 2.57 bits per heavy atom. The van der Waals surface area contributed by atoms with E-state index in [-0.39, 0.29) is 24.0 Å². The maximum Gasteiger partial charge on any atom is 0.193 e. The van der Waals surface area contributed by atoms with Crippen molar-refractivity contribution in [1.82, 2.24) is 20.0 Å². The molecular formula is C24H40IN5. The Balaban J connectivity index is 0.00000256. The first-order chi connectivity index (χ1) is 14.2. The molecule has 4 rings (SSSR count). The van der Waals surface area contributed by atoms with Crippen LogP contribution in [-0.2, 0) is 6.54 Å². The molecule has 3 aliphatic rings. The van der Waals surface area contributed by atoms with Crippen molar-refractivity contribution in [1.29, 1.82) is 0 Å². The standard InChI is InChI=1S/C24H39N5.HI/c1-25-24(26-16-23(27(2)3)20-11-12-20)29-15-13-22-21(18-29)10-7-14-28(22)17-19-8-5-4-6-9-19;/h4-6,8-9,20-23H,7,10-18H2,1-3H3,(H,25,26);1H. The summed E-state index contributed by atoms with van der Waals surface area (Å²) in [5.41, 5.74) is 1.45. The van der Waals surface area contributed by atoms with Crippen LogP contribution in [0.5, 0.6) is 0 Å². The number of hydrogen-bond donors (Lipinski definition) is 1. The molecule has 0 bridgehead atoms. The minimum atomic E-state index is 0. The lowest BCUT2D eigenvalue weighted by Crippen LogP contribution is -2.57. The summed E-state index contributed by atoms with van der Waals surface area (Å²) in [5, 5.41) is 3.71. The van der Waals surface area contributed by atoms with Gasteiger partial charge in [-0.25, -0.2) is 0 Å². The molecule has 2 aliphatic heterocycles. The number of nitrogens with zero attached hydrogens (tertiary/aromatic N) is 4. The number of halogens is 1. The fourth-order valence-corrected chi connectivity index (χ4v) is 5.49. The van der Waals surface area contributed by atoms with E-state index in [0.29, 0.717) is 6.04 Å². The number of hydrogen-bond acceptors (Lipinski definition) is 3. The van der Waals surface area contributed by atoms with Crippen molar-refractivity contribution in [3.05, 3.63) is 35.9 Å². The molecule has 1 aromatic rings. The molecule has 5 nitrogen and oxygen atoms in total. The number of nitrogens with one attached hydrogen (secondary N) is 1. The maximum atomic E-state index is 4.65. The van der Waals surface area contributed by atoms with Crippen molar-refractivity contribution in [2.24, 2.45) is 16.8 Å². The Morgan fingerprint density at radius 2 is 1.90 bits per heavy atom. The Hall–Kier alpha value is -0.860. The predicted octanol–water partition coefficient (Wildman–Crippen LogP) is 3.51. The lowest BCUT2D eigenvalue weighted by atomic mass is 9.83. The largest absolute Gasteiger partial charge is 0.355 e. The van der Waals surface area contributed by atoms with Crippen LogP contribution in [-0.4, -0.2) is 80.1 Å². The number of piperidine rings is 2. The Kier molecular flexibility index (Phi) is 8.83. The third-order valence-corrected chi connectivity index (χ3v) is 7.22. The average molecular weight is 526 g/mol. The first-order valence-corrected chi connectivity index (χ1v) is 11.6. The molecule has 1 aromatic carbocycles. The quantitative estimate of drug-likeness (QED) is 0.350. The molecule has 168 valence electrons. The molecule has 0 spiro atoms. The van der Waals surface area contributed by atoms with Crippen molar-refractivity contribution in [3.63, 3.8) is 0 Å². The normalized spacial score (nSPS) is 26.1. The minimum Gasteiger partial charge on any atom is -0.355 e. The number of likely N-dealkylation sites (N-methyl/N-ethyl adjacent to an activating group) is 1. The molecule has 3 atom stereocenters. The molecule has 2 heterocycles. The van der Waals surface area contributed by atoms with Crippen LogP contribution in [0.25, 0.3) is 0 Å². The highest BCUT2D eigenvalue weighted by Gasteiger charge is 2.37. The SMILES string of the molecule is CN=C(NCC(C1CC1)N(C)C)N1CCC2C(CCCN2Cc2ccccc2)C1.I. The summed E-state index contributed by atoms with van der Waals surface area (Å²) < 4.78 is 0. The highest BCUT2D eigenvalue weighted by molar-refractivity contribution is 14.0. The first kappa shape index (κ1) is 23.8. The molecule has 1 saturated carbocycles. The highest BCUT2D eigenvalue weighted by Crippen LogP contribution is 2.34. The zero-order chi connectivity index (χ0) is 20.2. The summed E-state index contributed by atoms with van der Waals surface area (Å²) in [6, 6.07) is 12.3. The Bertz CT molecular complexity index is 673. The monoisotopic (exact) mass is 525 g/mol. The van der Waals surface area contributed by atoms with Gasteiger partial charge in [0.1, 0.15) is 0 Å². The van der Waals surface area contributed by atoms with Crippen molar-refractivity contribution in [2.75, 3.05) is 47.3 Å². The third kappa shape index (κ3) is 5.88. The molecule has 1 aliphatic carbocycles. The summed E-state index contributed by atoms with van der Waals surface area (Å²) in [6.45, 7) is 5.61. The molecule has 0 aromatic heterocycles. The number of guanidine groups is 1. The van der Waals surface area contributed by atoms with Crippen LogP contribution >= 0.6 is 24.0 Å². The number of fused-ring (bicyclic) bond motifs is 1. The summed E-state index contributed by atoms with van der Waals surface area (Å²) in [6.07, 6.45) is 6.68. The average Bonchev–Trinajstić information content (AvgIpc) is 3.57. The lowest BCUT2D eigenvalue weighted by Gasteiger charge is -2.48. The van der Waals surface area contributed by atoms with Gasteiger partial charge in [0.15, 0.2) is 5.96 Å². The maximum absolute atomic E-state index is 4.65. The fourth-order valence-electron chi connectivity index (χ4n) is 5.49. The van der Waals surface area contributed by atoms with Gasteiger partial charge in [-0.1, -0.05) is 30.3 Å². The van der Waals surface area contributed by atoms with Crippen LogP contribution in [0.2, 0.25) is 0 Å². The zero-order valence-electron chi connectivity index (χ0n) is 19.0. The van der Waals surface area contributed by atoms with Crippen LogP contribution < -0.4 is 5.32 Å². The van der Waals surface area contributed by atoms with E-state index in [9.17, 15) is 0 Å². The van der Waals surface area contributed by atoms with E-state index >= 15 is 0 Å². The topological polar surface area (TPSA) is 34.1 Å². The van der Waals surface area contributed by atoms with Gasteiger partial charge in [-0.2, -0.15) is 0 Å². The summed E-state index contributed by atoms with van der Waals surface area (Å²) in [4.78, 5) is 12.3. The molecule has 2 saturated heterocycles. The molecule has 0 radical (unpaired) electrons. The van der Waals surface area contributed by atoms with E-state index in [1.807, 2.05) is 7.05 Å². The van der Waals surface area contributed by atoms with Crippen LogP contribution in [0.4, 0.5) is 0 Å².